The lowest BCUT2D eigenvalue weighted by Crippen LogP contribution is -2.37. The zero-order valence-corrected chi connectivity index (χ0v) is 46.1. The second kappa shape index (κ2) is 50.9. The lowest BCUT2D eigenvalue weighted by molar-refractivity contribution is -0.870. The lowest BCUT2D eigenvalue weighted by atomic mass is 10.0. The van der Waals surface area contributed by atoms with E-state index in [1.165, 1.54) is 250 Å². The number of esters is 1. The van der Waals surface area contributed by atoms with Crippen LogP contribution in [-0.2, 0) is 27.9 Å². The minimum absolute atomic E-state index is 0.0319. The molecule has 0 aromatic carbocycles. The maximum Gasteiger partial charge on any atom is 0.306 e. The molecule has 0 bridgehead atoms. The Balaban J connectivity index is 3.97. The summed E-state index contributed by atoms with van der Waals surface area (Å²) in [5.41, 5.74) is 0. The van der Waals surface area contributed by atoms with E-state index in [0.717, 1.165) is 32.1 Å². The molecule has 396 valence electrons. The van der Waals surface area contributed by atoms with E-state index in [4.69, 9.17) is 18.5 Å². The number of rotatable bonds is 56. The third-order valence-corrected chi connectivity index (χ3v) is 14.4. The van der Waals surface area contributed by atoms with Gasteiger partial charge in [-0.1, -0.05) is 284 Å². The SMILES string of the molecule is CCCCCCCCCCCCCCCCCCCCCCCCCCCCOCC(COP(=O)([O-])OCC[N+](C)(C)C)OC(=O)CCCCCCCCCCCCCCCCCCCC. The van der Waals surface area contributed by atoms with E-state index in [1.54, 1.807) is 0 Å². The molecule has 0 amide bonds. The highest BCUT2D eigenvalue weighted by molar-refractivity contribution is 7.45. The Morgan fingerprint density at radius 1 is 0.409 bits per heavy atom. The highest BCUT2D eigenvalue weighted by atomic mass is 31.2. The minimum Gasteiger partial charge on any atom is -0.756 e. The predicted molar refractivity (Wildman–Crippen MR) is 282 cm³/mol. The molecule has 0 heterocycles. The molecule has 0 saturated heterocycles. The van der Waals surface area contributed by atoms with Gasteiger partial charge in [0.25, 0.3) is 7.82 Å². The van der Waals surface area contributed by atoms with E-state index < -0.39 is 13.9 Å². The Morgan fingerprint density at radius 2 is 0.697 bits per heavy atom. The summed E-state index contributed by atoms with van der Waals surface area (Å²) < 4.78 is 34.9. The van der Waals surface area contributed by atoms with Gasteiger partial charge < -0.3 is 27.9 Å². The number of hydrogen-bond acceptors (Lipinski definition) is 7. The number of ether oxygens (including phenoxy) is 2. The third kappa shape index (κ3) is 54.4. The first-order valence-corrected chi connectivity index (χ1v) is 30.7. The van der Waals surface area contributed by atoms with Gasteiger partial charge in [-0.15, -0.1) is 0 Å². The van der Waals surface area contributed by atoms with Crippen LogP contribution in [0.2, 0.25) is 0 Å². The Bertz CT molecular complexity index is 1020. The molecule has 0 aliphatic heterocycles. The van der Waals surface area contributed by atoms with Gasteiger partial charge >= 0.3 is 5.97 Å². The summed E-state index contributed by atoms with van der Waals surface area (Å²) >= 11 is 0. The summed E-state index contributed by atoms with van der Waals surface area (Å²) in [6.07, 6.45) is 58.6. The zero-order valence-electron chi connectivity index (χ0n) is 45.2. The van der Waals surface area contributed by atoms with Crippen LogP contribution in [0.5, 0.6) is 0 Å². The smallest absolute Gasteiger partial charge is 0.306 e. The summed E-state index contributed by atoms with van der Waals surface area (Å²) in [6.45, 7) is 5.51. The Kier molecular flexibility index (Phi) is 50.5. The molecule has 0 radical (unpaired) electrons. The van der Waals surface area contributed by atoms with Crippen LogP contribution in [0.3, 0.4) is 0 Å². The maximum absolute atomic E-state index is 12.8. The van der Waals surface area contributed by atoms with Crippen LogP contribution in [0.4, 0.5) is 0 Å². The molecule has 0 fully saturated rings. The number of likely N-dealkylation sites (N-methyl/N-ethyl adjacent to an activating group) is 1. The minimum atomic E-state index is -4.53. The number of phosphoric acid groups is 1. The van der Waals surface area contributed by atoms with Crippen molar-refractivity contribution in [1.82, 2.24) is 0 Å². The Labute approximate surface area is 412 Å². The van der Waals surface area contributed by atoms with Crippen LogP contribution in [0.1, 0.15) is 303 Å². The van der Waals surface area contributed by atoms with Crippen LogP contribution in [0.15, 0.2) is 0 Å². The van der Waals surface area contributed by atoms with Crippen molar-refractivity contribution in [3.8, 4) is 0 Å². The predicted octanol–water partition coefficient (Wildman–Crippen LogP) is 17.7. The number of nitrogens with zero attached hydrogens (tertiary/aromatic N) is 1. The van der Waals surface area contributed by atoms with Gasteiger partial charge in [0.15, 0.2) is 0 Å². The molecule has 0 aromatic rings. The van der Waals surface area contributed by atoms with Crippen molar-refractivity contribution in [2.24, 2.45) is 0 Å². The highest BCUT2D eigenvalue weighted by Crippen LogP contribution is 2.38. The van der Waals surface area contributed by atoms with Crippen molar-refractivity contribution >= 4 is 13.8 Å². The second-order valence-corrected chi connectivity index (χ2v) is 22.8. The number of hydrogen-bond donors (Lipinski definition) is 0. The molecule has 0 aromatic heterocycles. The number of carbonyl (C=O) groups is 1. The molecule has 0 saturated carbocycles. The summed E-state index contributed by atoms with van der Waals surface area (Å²) in [7, 11) is 1.38. The first kappa shape index (κ1) is 65.5. The summed E-state index contributed by atoms with van der Waals surface area (Å²) in [5.74, 6) is -0.324. The quantitative estimate of drug-likeness (QED) is 0.0259. The van der Waals surface area contributed by atoms with E-state index >= 15 is 0 Å². The van der Waals surface area contributed by atoms with Gasteiger partial charge in [0.2, 0.25) is 0 Å². The van der Waals surface area contributed by atoms with Crippen molar-refractivity contribution < 1.29 is 37.3 Å². The van der Waals surface area contributed by atoms with Gasteiger partial charge in [0.1, 0.15) is 19.3 Å². The maximum atomic E-state index is 12.8. The second-order valence-electron chi connectivity index (χ2n) is 21.4. The van der Waals surface area contributed by atoms with Crippen LogP contribution in [-0.4, -0.2) is 70.7 Å². The molecule has 0 N–H and O–H groups in total. The summed E-state index contributed by atoms with van der Waals surface area (Å²) in [5, 5.41) is 0. The molecule has 0 rings (SSSR count). The number of carbonyl (C=O) groups excluding carboxylic acids is 1. The third-order valence-electron chi connectivity index (χ3n) is 13.4. The fourth-order valence-electron chi connectivity index (χ4n) is 8.90. The van der Waals surface area contributed by atoms with Crippen molar-refractivity contribution in [2.45, 2.75) is 309 Å². The van der Waals surface area contributed by atoms with Gasteiger partial charge in [-0.05, 0) is 12.8 Å². The standard InChI is InChI=1S/C57H116NO7P/c1-6-8-10-12-14-16-18-20-22-24-26-27-28-29-30-31-32-33-35-37-39-41-43-45-47-49-52-62-54-56(55-64-66(60,61)63-53-51-58(3,4)5)65-57(59)50-48-46-44-42-40-38-36-34-25-23-21-19-17-15-13-11-9-7-2/h56H,6-55H2,1-5H3. The summed E-state index contributed by atoms with van der Waals surface area (Å²) in [4.78, 5) is 25.2. The van der Waals surface area contributed by atoms with Crippen molar-refractivity contribution in [1.29, 1.82) is 0 Å². The molecule has 66 heavy (non-hydrogen) atoms. The summed E-state index contributed by atoms with van der Waals surface area (Å²) in [6, 6.07) is 0. The first-order valence-electron chi connectivity index (χ1n) is 29.3. The van der Waals surface area contributed by atoms with E-state index in [9.17, 15) is 14.3 Å². The first-order chi connectivity index (χ1) is 32.1. The van der Waals surface area contributed by atoms with Gasteiger partial charge in [-0.25, -0.2) is 0 Å². The fraction of sp³-hybridized carbons (Fsp3) is 0.982. The Hall–Kier alpha value is -0.500. The van der Waals surface area contributed by atoms with Gasteiger partial charge in [-0.3, -0.25) is 9.36 Å². The van der Waals surface area contributed by atoms with Crippen molar-refractivity contribution in [2.75, 3.05) is 54.1 Å². The highest BCUT2D eigenvalue weighted by Gasteiger charge is 2.20. The van der Waals surface area contributed by atoms with E-state index in [0.29, 0.717) is 24.1 Å². The zero-order chi connectivity index (χ0) is 48.3. The normalized spacial score (nSPS) is 13.4. The average molecular weight is 959 g/mol. The monoisotopic (exact) mass is 958 g/mol. The van der Waals surface area contributed by atoms with E-state index in [-0.39, 0.29) is 25.8 Å². The molecule has 8 nitrogen and oxygen atoms in total. The van der Waals surface area contributed by atoms with Crippen molar-refractivity contribution in [3.05, 3.63) is 0 Å². The molecule has 9 heteroatoms. The molecular formula is C57H116NO7P. The number of quaternary nitrogens is 1. The van der Waals surface area contributed by atoms with Crippen LogP contribution < -0.4 is 4.89 Å². The number of phosphoric ester groups is 1. The van der Waals surface area contributed by atoms with Gasteiger partial charge in [0.05, 0.1) is 34.4 Å². The average Bonchev–Trinajstić information content (AvgIpc) is 3.28. The molecule has 0 spiro atoms. The molecule has 2 unspecified atom stereocenters. The van der Waals surface area contributed by atoms with E-state index in [2.05, 4.69) is 13.8 Å². The van der Waals surface area contributed by atoms with Crippen LogP contribution in [0, 0.1) is 0 Å². The van der Waals surface area contributed by atoms with Gasteiger partial charge in [-0.2, -0.15) is 0 Å². The molecule has 2 atom stereocenters. The van der Waals surface area contributed by atoms with Crippen LogP contribution in [0.25, 0.3) is 0 Å². The topological polar surface area (TPSA) is 94.1 Å². The number of unbranched alkanes of at least 4 members (excludes halogenated alkanes) is 42. The molecular weight excluding hydrogens is 842 g/mol. The fourth-order valence-corrected chi connectivity index (χ4v) is 9.63. The molecule has 0 aliphatic rings. The van der Waals surface area contributed by atoms with Crippen LogP contribution >= 0.6 is 7.82 Å². The van der Waals surface area contributed by atoms with E-state index in [1.807, 2.05) is 21.1 Å². The lowest BCUT2D eigenvalue weighted by Gasteiger charge is -2.28. The van der Waals surface area contributed by atoms with Gasteiger partial charge in [0, 0.05) is 13.0 Å². The molecule has 0 aliphatic carbocycles. The van der Waals surface area contributed by atoms with Crippen molar-refractivity contribution in [3.63, 3.8) is 0 Å². The largest absolute Gasteiger partial charge is 0.756 e. The Morgan fingerprint density at radius 3 is 1.00 bits per heavy atom.